The van der Waals surface area contributed by atoms with E-state index >= 15 is 0 Å². The van der Waals surface area contributed by atoms with Crippen molar-refractivity contribution in [2.24, 2.45) is 0 Å². The van der Waals surface area contributed by atoms with Crippen LogP contribution in [-0.4, -0.2) is 21.1 Å². The molecule has 0 spiro atoms. The number of fused-ring (bicyclic) bond motifs is 1. The van der Waals surface area contributed by atoms with Gasteiger partial charge in [0.25, 0.3) is 5.56 Å². The molecule has 1 amide bonds. The summed E-state index contributed by atoms with van der Waals surface area (Å²) in [4.78, 5) is 29.7. The van der Waals surface area contributed by atoms with Crippen LogP contribution in [0.5, 0.6) is 0 Å². The van der Waals surface area contributed by atoms with Gasteiger partial charge in [-0.2, -0.15) is 0 Å². The average molecular weight is 307 g/mol. The third kappa shape index (κ3) is 4.36. The second kappa shape index (κ2) is 7.65. The Hall–Kier alpha value is -2.28. The Morgan fingerprint density at radius 1 is 1.27 bits per heavy atom. The average Bonchev–Trinajstić information content (AvgIpc) is 2.51. The number of aromatic nitrogens is 2. The van der Waals surface area contributed by atoms with Crippen molar-refractivity contribution >= 4 is 16.8 Å². The predicted molar refractivity (Wildman–Crippen MR) is 79.0 cm³/mol. The number of benzene rings is 1. The first kappa shape index (κ1) is 16.1. The minimum absolute atomic E-state index is 0.249. The SMILES string of the molecule is O=C(CCCCCCc1nc2ccc(F)cc2c(=O)[nH]1)NO. The molecular weight excluding hydrogens is 289 g/mol. The van der Waals surface area contributed by atoms with E-state index in [4.69, 9.17) is 5.21 Å². The third-order valence-electron chi connectivity index (χ3n) is 3.41. The monoisotopic (exact) mass is 307 g/mol. The van der Waals surface area contributed by atoms with Gasteiger partial charge in [0.2, 0.25) is 5.91 Å². The van der Waals surface area contributed by atoms with Crippen LogP contribution in [0.3, 0.4) is 0 Å². The number of carbonyl (C=O) groups excluding carboxylic acids is 1. The van der Waals surface area contributed by atoms with Gasteiger partial charge in [0, 0.05) is 12.8 Å². The molecule has 0 fully saturated rings. The van der Waals surface area contributed by atoms with Crippen molar-refractivity contribution in [3.8, 4) is 0 Å². The van der Waals surface area contributed by atoms with Crippen LogP contribution in [0.1, 0.15) is 37.9 Å². The van der Waals surface area contributed by atoms with Crippen molar-refractivity contribution in [2.75, 3.05) is 0 Å². The molecule has 0 aliphatic carbocycles. The standard InChI is InChI=1S/C15H18FN3O3/c16-10-7-8-12-11(9-10)15(21)18-13(17-12)5-3-1-2-4-6-14(20)19-22/h7-9,22H,1-6H2,(H,19,20)(H,17,18,21). The van der Waals surface area contributed by atoms with Crippen molar-refractivity contribution in [2.45, 2.75) is 38.5 Å². The predicted octanol–water partition coefficient (Wildman–Crippen LogP) is 2.06. The van der Waals surface area contributed by atoms with E-state index in [1.807, 2.05) is 0 Å². The lowest BCUT2D eigenvalue weighted by atomic mass is 10.1. The summed E-state index contributed by atoms with van der Waals surface area (Å²) in [5.41, 5.74) is 1.75. The molecule has 0 bridgehead atoms. The molecule has 0 unspecified atom stereocenters. The van der Waals surface area contributed by atoms with Crippen LogP contribution >= 0.6 is 0 Å². The smallest absolute Gasteiger partial charge is 0.258 e. The Labute approximate surface area is 126 Å². The van der Waals surface area contributed by atoms with Crippen molar-refractivity contribution < 1.29 is 14.4 Å². The molecule has 0 saturated carbocycles. The van der Waals surface area contributed by atoms with Crippen LogP contribution in [0.15, 0.2) is 23.0 Å². The van der Waals surface area contributed by atoms with Gasteiger partial charge in [0.15, 0.2) is 0 Å². The maximum Gasteiger partial charge on any atom is 0.258 e. The zero-order valence-electron chi connectivity index (χ0n) is 12.1. The van der Waals surface area contributed by atoms with E-state index in [2.05, 4.69) is 9.97 Å². The summed E-state index contributed by atoms with van der Waals surface area (Å²) < 4.78 is 13.1. The lowest BCUT2D eigenvalue weighted by Crippen LogP contribution is -2.17. The fraction of sp³-hybridized carbons (Fsp3) is 0.400. The Bertz CT molecular complexity index is 715. The maximum absolute atomic E-state index is 13.1. The molecule has 6 nitrogen and oxygen atoms in total. The molecule has 0 aliphatic rings. The molecule has 1 aromatic heterocycles. The first-order valence-electron chi connectivity index (χ1n) is 7.21. The van der Waals surface area contributed by atoms with Gasteiger partial charge in [-0.25, -0.2) is 14.9 Å². The minimum Gasteiger partial charge on any atom is -0.310 e. The number of halogens is 1. The number of aromatic amines is 1. The van der Waals surface area contributed by atoms with Gasteiger partial charge >= 0.3 is 0 Å². The third-order valence-corrected chi connectivity index (χ3v) is 3.41. The lowest BCUT2D eigenvalue weighted by molar-refractivity contribution is -0.129. The molecule has 118 valence electrons. The maximum atomic E-state index is 13.1. The highest BCUT2D eigenvalue weighted by molar-refractivity contribution is 5.77. The van der Waals surface area contributed by atoms with Gasteiger partial charge in [-0.05, 0) is 31.0 Å². The van der Waals surface area contributed by atoms with Crippen molar-refractivity contribution in [1.82, 2.24) is 15.4 Å². The van der Waals surface area contributed by atoms with Gasteiger partial charge in [-0.15, -0.1) is 0 Å². The van der Waals surface area contributed by atoms with E-state index in [1.54, 1.807) is 5.48 Å². The molecule has 1 heterocycles. The molecule has 3 N–H and O–H groups in total. The van der Waals surface area contributed by atoms with Crippen LogP contribution < -0.4 is 11.0 Å². The number of H-pyrrole nitrogens is 1. The quantitative estimate of drug-likeness (QED) is 0.414. The Morgan fingerprint density at radius 2 is 2.05 bits per heavy atom. The highest BCUT2D eigenvalue weighted by Crippen LogP contribution is 2.11. The van der Waals surface area contributed by atoms with E-state index < -0.39 is 5.82 Å². The van der Waals surface area contributed by atoms with E-state index in [1.165, 1.54) is 18.2 Å². The zero-order chi connectivity index (χ0) is 15.9. The van der Waals surface area contributed by atoms with E-state index in [9.17, 15) is 14.0 Å². The number of aryl methyl sites for hydroxylation is 1. The topological polar surface area (TPSA) is 95.1 Å². The van der Waals surface area contributed by atoms with Gasteiger partial charge in [-0.1, -0.05) is 12.8 Å². The Kier molecular flexibility index (Phi) is 5.60. The van der Waals surface area contributed by atoms with Crippen molar-refractivity contribution in [3.05, 3.63) is 40.2 Å². The minimum atomic E-state index is -0.459. The number of hydroxylamine groups is 1. The second-order valence-corrected chi connectivity index (χ2v) is 5.12. The van der Waals surface area contributed by atoms with Gasteiger partial charge in [0.1, 0.15) is 11.6 Å². The molecule has 7 heteroatoms. The van der Waals surface area contributed by atoms with Gasteiger partial charge < -0.3 is 4.98 Å². The Morgan fingerprint density at radius 3 is 2.82 bits per heavy atom. The summed E-state index contributed by atoms with van der Waals surface area (Å²) in [7, 11) is 0. The van der Waals surface area contributed by atoms with Crippen LogP contribution in [0, 0.1) is 5.82 Å². The Balaban J connectivity index is 1.86. The molecule has 0 atom stereocenters. The number of nitrogens with one attached hydrogen (secondary N) is 2. The van der Waals surface area contributed by atoms with Crippen LogP contribution in [0.25, 0.3) is 10.9 Å². The first-order valence-corrected chi connectivity index (χ1v) is 7.21. The highest BCUT2D eigenvalue weighted by Gasteiger charge is 2.05. The highest BCUT2D eigenvalue weighted by atomic mass is 19.1. The summed E-state index contributed by atoms with van der Waals surface area (Å²) in [6.07, 6.45) is 4.20. The summed E-state index contributed by atoms with van der Waals surface area (Å²) in [6.45, 7) is 0. The molecule has 0 radical (unpaired) electrons. The van der Waals surface area contributed by atoms with E-state index in [-0.39, 0.29) is 16.9 Å². The molecule has 0 aliphatic heterocycles. The summed E-state index contributed by atoms with van der Waals surface area (Å²) >= 11 is 0. The number of nitrogens with zero attached hydrogens (tertiary/aromatic N) is 1. The van der Waals surface area contributed by atoms with Crippen molar-refractivity contribution in [3.63, 3.8) is 0 Å². The molecule has 2 rings (SSSR count). The second-order valence-electron chi connectivity index (χ2n) is 5.12. The zero-order valence-corrected chi connectivity index (χ0v) is 12.1. The number of rotatable bonds is 7. The van der Waals surface area contributed by atoms with E-state index in [0.717, 1.165) is 19.3 Å². The van der Waals surface area contributed by atoms with Crippen LogP contribution in [0.2, 0.25) is 0 Å². The number of amides is 1. The lowest BCUT2D eigenvalue weighted by Gasteiger charge is -2.03. The number of hydrogen-bond acceptors (Lipinski definition) is 4. The normalized spacial score (nSPS) is 10.8. The fourth-order valence-electron chi connectivity index (χ4n) is 2.27. The molecule has 2 aromatic rings. The van der Waals surface area contributed by atoms with Gasteiger partial charge in [-0.3, -0.25) is 14.8 Å². The van der Waals surface area contributed by atoms with Crippen molar-refractivity contribution in [1.29, 1.82) is 0 Å². The summed E-state index contributed by atoms with van der Waals surface area (Å²) in [5.74, 6) is -0.260. The fourth-order valence-corrected chi connectivity index (χ4v) is 2.27. The number of unbranched alkanes of at least 4 members (excludes halogenated alkanes) is 3. The molecule has 22 heavy (non-hydrogen) atoms. The van der Waals surface area contributed by atoms with E-state index in [0.29, 0.717) is 30.6 Å². The molecular formula is C15H18FN3O3. The number of carbonyl (C=O) groups is 1. The largest absolute Gasteiger partial charge is 0.310 e. The first-order chi connectivity index (χ1) is 10.6. The van der Waals surface area contributed by atoms with Gasteiger partial charge in [0.05, 0.1) is 10.9 Å². The van der Waals surface area contributed by atoms with Crippen LogP contribution in [0.4, 0.5) is 4.39 Å². The molecule has 0 saturated heterocycles. The number of hydrogen-bond donors (Lipinski definition) is 3. The molecule has 1 aromatic carbocycles. The summed E-state index contributed by atoms with van der Waals surface area (Å²) in [5, 5.41) is 8.60. The van der Waals surface area contributed by atoms with Crippen LogP contribution in [-0.2, 0) is 11.2 Å². The summed E-state index contributed by atoms with van der Waals surface area (Å²) in [6, 6.07) is 3.96.